The van der Waals surface area contributed by atoms with Crippen LogP contribution in [0, 0.1) is 0 Å². The highest BCUT2D eigenvalue weighted by atomic mass is 16.5. The Morgan fingerprint density at radius 3 is 2.62 bits per heavy atom. The lowest BCUT2D eigenvalue weighted by atomic mass is 10.0. The molecule has 1 unspecified atom stereocenters. The highest BCUT2D eigenvalue weighted by Crippen LogP contribution is 2.31. The van der Waals surface area contributed by atoms with Gasteiger partial charge in [-0.15, -0.1) is 0 Å². The Morgan fingerprint density at radius 2 is 2.00 bits per heavy atom. The lowest BCUT2D eigenvalue weighted by Gasteiger charge is -2.21. The van der Waals surface area contributed by atoms with Crippen molar-refractivity contribution in [2.75, 3.05) is 25.1 Å². The number of carboxylic acid groups (broad SMARTS) is 1. The van der Waals surface area contributed by atoms with Gasteiger partial charge >= 0.3 is 12.0 Å². The number of benzene rings is 2. The number of carbonyl (C=O) groups excluding carboxylic acids is 2. The van der Waals surface area contributed by atoms with Crippen LogP contribution in [0.4, 0.5) is 10.5 Å². The van der Waals surface area contributed by atoms with Crippen LogP contribution in [0.15, 0.2) is 48.5 Å². The SMILES string of the molecule is COc1ccc(C(=O)NC(CCC(=O)O)c2ccccc2)cc1N1CCNC1=O. The molecule has 0 saturated carbocycles. The van der Waals surface area contributed by atoms with Crippen LogP contribution in [0.3, 0.4) is 0 Å². The number of carbonyl (C=O) groups is 3. The van der Waals surface area contributed by atoms with Gasteiger partial charge in [0.25, 0.3) is 5.91 Å². The summed E-state index contributed by atoms with van der Waals surface area (Å²) in [5.41, 5.74) is 1.70. The van der Waals surface area contributed by atoms with Crippen LogP contribution in [0.5, 0.6) is 5.75 Å². The first-order chi connectivity index (χ1) is 14.0. The van der Waals surface area contributed by atoms with E-state index in [2.05, 4.69) is 10.6 Å². The monoisotopic (exact) mass is 397 g/mol. The van der Waals surface area contributed by atoms with Crippen LogP contribution in [0.1, 0.15) is 34.8 Å². The van der Waals surface area contributed by atoms with Crippen molar-refractivity contribution in [1.82, 2.24) is 10.6 Å². The van der Waals surface area contributed by atoms with Crippen molar-refractivity contribution in [3.63, 3.8) is 0 Å². The standard InChI is InChI=1S/C21H23N3O5/c1-29-18-9-7-15(13-17(18)24-12-11-22-21(24)28)20(27)23-16(8-10-19(25)26)14-5-3-2-4-6-14/h2-7,9,13,16H,8,10-12H2,1H3,(H,22,28)(H,23,27)(H,25,26). The summed E-state index contributed by atoms with van der Waals surface area (Å²) in [5, 5.41) is 14.7. The molecular weight excluding hydrogens is 374 g/mol. The third-order valence-corrected chi connectivity index (χ3v) is 4.74. The molecule has 3 N–H and O–H groups in total. The van der Waals surface area contributed by atoms with Gasteiger partial charge in [0, 0.05) is 25.1 Å². The zero-order chi connectivity index (χ0) is 20.8. The highest BCUT2D eigenvalue weighted by molar-refractivity contribution is 6.00. The smallest absolute Gasteiger partial charge is 0.322 e. The van der Waals surface area contributed by atoms with Gasteiger partial charge < -0.3 is 20.5 Å². The Labute approximate surface area is 168 Å². The minimum absolute atomic E-state index is 0.0678. The van der Waals surface area contributed by atoms with E-state index in [1.165, 1.54) is 12.0 Å². The Hall–Kier alpha value is -3.55. The molecule has 2 aromatic carbocycles. The van der Waals surface area contributed by atoms with E-state index in [0.29, 0.717) is 30.1 Å². The molecule has 0 aliphatic carbocycles. The summed E-state index contributed by atoms with van der Waals surface area (Å²) in [6.07, 6.45) is 0.199. The highest BCUT2D eigenvalue weighted by Gasteiger charge is 2.25. The first kappa shape index (κ1) is 20.2. The van der Waals surface area contributed by atoms with E-state index < -0.39 is 12.0 Å². The summed E-state index contributed by atoms with van der Waals surface area (Å²) in [5.74, 6) is -0.788. The number of hydrogen-bond donors (Lipinski definition) is 3. The number of hydrogen-bond acceptors (Lipinski definition) is 4. The molecule has 0 aromatic heterocycles. The first-order valence-corrected chi connectivity index (χ1v) is 9.30. The van der Waals surface area contributed by atoms with Gasteiger partial charge in [0.1, 0.15) is 5.75 Å². The predicted octanol–water partition coefficient (Wildman–Crippen LogP) is 2.56. The van der Waals surface area contributed by atoms with E-state index in [4.69, 9.17) is 9.84 Å². The zero-order valence-corrected chi connectivity index (χ0v) is 16.1. The average Bonchev–Trinajstić information content (AvgIpc) is 3.16. The molecule has 1 atom stereocenters. The normalized spacial score (nSPS) is 14.2. The van der Waals surface area contributed by atoms with Crippen LogP contribution >= 0.6 is 0 Å². The minimum atomic E-state index is -0.924. The van der Waals surface area contributed by atoms with E-state index >= 15 is 0 Å². The van der Waals surface area contributed by atoms with Crippen molar-refractivity contribution in [2.24, 2.45) is 0 Å². The molecule has 1 fully saturated rings. The molecule has 0 bridgehead atoms. The van der Waals surface area contributed by atoms with Gasteiger partial charge in [0.15, 0.2) is 0 Å². The van der Waals surface area contributed by atoms with Crippen molar-refractivity contribution in [2.45, 2.75) is 18.9 Å². The van der Waals surface area contributed by atoms with E-state index in [1.807, 2.05) is 30.3 Å². The predicted molar refractivity (Wildman–Crippen MR) is 107 cm³/mol. The topological polar surface area (TPSA) is 108 Å². The summed E-state index contributed by atoms with van der Waals surface area (Å²) in [6.45, 7) is 0.995. The van der Waals surface area contributed by atoms with Gasteiger partial charge in [-0.25, -0.2) is 4.79 Å². The van der Waals surface area contributed by atoms with Gasteiger partial charge in [-0.2, -0.15) is 0 Å². The number of carboxylic acids is 1. The molecule has 29 heavy (non-hydrogen) atoms. The van der Waals surface area contributed by atoms with Crippen LogP contribution < -0.4 is 20.3 Å². The number of anilines is 1. The third-order valence-electron chi connectivity index (χ3n) is 4.74. The van der Waals surface area contributed by atoms with Crippen molar-refractivity contribution in [1.29, 1.82) is 0 Å². The number of aliphatic carboxylic acids is 1. The second-order valence-electron chi connectivity index (χ2n) is 6.64. The molecule has 2 aromatic rings. The molecule has 8 nitrogen and oxygen atoms in total. The summed E-state index contributed by atoms with van der Waals surface area (Å²) in [7, 11) is 1.50. The summed E-state index contributed by atoms with van der Waals surface area (Å²) in [4.78, 5) is 37.5. The molecule has 1 aliphatic heterocycles. The van der Waals surface area contributed by atoms with Gasteiger partial charge in [-0.05, 0) is 30.2 Å². The maximum atomic E-state index is 12.9. The van der Waals surface area contributed by atoms with Gasteiger partial charge in [-0.3, -0.25) is 14.5 Å². The van der Waals surface area contributed by atoms with Crippen LogP contribution in [0.2, 0.25) is 0 Å². The van der Waals surface area contributed by atoms with Gasteiger partial charge in [0.2, 0.25) is 0 Å². The fourth-order valence-electron chi connectivity index (χ4n) is 3.26. The number of methoxy groups -OCH3 is 1. The zero-order valence-electron chi connectivity index (χ0n) is 16.1. The Balaban J connectivity index is 1.84. The lowest BCUT2D eigenvalue weighted by Crippen LogP contribution is -2.30. The van der Waals surface area contributed by atoms with Crippen LogP contribution in [-0.2, 0) is 4.79 Å². The molecule has 0 spiro atoms. The number of rotatable bonds is 8. The lowest BCUT2D eigenvalue weighted by molar-refractivity contribution is -0.137. The van der Waals surface area contributed by atoms with E-state index in [0.717, 1.165) is 5.56 Å². The van der Waals surface area contributed by atoms with Crippen LogP contribution in [0.25, 0.3) is 0 Å². The fourth-order valence-corrected chi connectivity index (χ4v) is 3.26. The fraction of sp³-hybridized carbons (Fsp3) is 0.286. The third kappa shape index (κ3) is 4.84. The Kier molecular flexibility index (Phi) is 6.33. The van der Waals surface area contributed by atoms with E-state index in [-0.39, 0.29) is 24.8 Å². The number of ether oxygens (including phenoxy) is 1. The second-order valence-corrected chi connectivity index (χ2v) is 6.64. The first-order valence-electron chi connectivity index (χ1n) is 9.30. The quantitative estimate of drug-likeness (QED) is 0.634. The molecule has 1 saturated heterocycles. The van der Waals surface area contributed by atoms with Crippen molar-refractivity contribution < 1.29 is 24.2 Å². The molecule has 0 radical (unpaired) electrons. The van der Waals surface area contributed by atoms with Crippen molar-refractivity contribution >= 4 is 23.6 Å². The number of nitrogens with zero attached hydrogens (tertiary/aromatic N) is 1. The molecular formula is C21H23N3O5. The molecule has 3 amide bonds. The van der Waals surface area contributed by atoms with Crippen molar-refractivity contribution in [3.8, 4) is 5.75 Å². The largest absolute Gasteiger partial charge is 0.495 e. The molecule has 8 heteroatoms. The van der Waals surface area contributed by atoms with E-state index in [9.17, 15) is 14.4 Å². The average molecular weight is 397 g/mol. The second kappa shape index (κ2) is 9.09. The molecule has 1 heterocycles. The van der Waals surface area contributed by atoms with Crippen molar-refractivity contribution in [3.05, 3.63) is 59.7 Å². The van der Waals surface area contributed by atoms with Gasteiger partial charge in [0.05, 0.1) is 18.8 Å². The van der Waals surface area contributed by atoms with E-state index in [1.54, 1.807) is 18.2 Å². The molecule has 3 rings (SSSR count). The Morgan fingerprint density at radius 1 is 1.24 bits per heavy atom. The number of urea groups is 1. The maximum Gasteiger partial charge on any atom is 0.322 e. The van der Waals surface area contributed by atoms with Gasteiger partial charge in [-0.1, -0.05) is 30.3 Å². The Bertz CT molecular complexity index is 900. The van der Waals surface area contributed by atoms with Crippen LogP contribution in [-0.4, -0.2) is 43.2 Å². The molecule has 1 aliphatic rings. The number of amides is 3. The summed E-state index contributed by atoms with van der Waals surface area (Å²) in [6, 6.07) is 13.4. The number of nitrogens with one attached hydrogen (secondary N) is 2. The summed E-state index contributed by atoms with van der Waals surface area (Å²) < 4.78 is 5.34. The minimum Gasteiger partial charge on any atom is -0.495 e. The summed E-state index contributed by atoms with van der Waals surface area (Å²) >= 11 is 0. The molecule has 152 valence electrons. The maximum absolute atomic E-state index is 12.9.